The summed E-state index contributed by atoms with van der Waals surface area (Å²) < 4.78 is 4.92. The van der Waals surface area contributed by atoms with Crippen molar-refractivity contribution in [1.82, 2.24) is 4.98 Å². The van der Waals surface area contributed by atoms with Crippen molar-refractivity contribution in [3.8, 4) is 5.75 Å². The van der Waals surface area contributed by atoms with Gasteiger partial charge in [0.1, 0.15) is 11.9 Å². The van der Waals surface area contributed by atoms with Gasteiger partial charge in [-0.2, -0.15) is 0 Å². The minimum absolute atomic E-state index is 0.0632. The summed E-state index contributed by atoms with van der Waals surface area (Å²) in [4.78, 5) is 56.3. The number of thiazole rings is 1. The number of para-hydroxylation sites is 1. The first-order valence-electron chi connectivity index (χ1n) is 8.22. The number of nitro groups is 1. The first kappa shape index (κ1) is 24.2. The molecule has 0 aliphatic carbocycles. The van der Waals surface area contributed by atoms with Crippen molar-refractivity contribution in [2.75, 3.05) is 5.32 Å². The highest BCUT2D eigenvalue weighted by atomic mass is 32.1. The van der Waals surface area contributed by atoms with E-state index in [9.17, 15) is 29.3 Å². The molecule has 0 atom stereocenters. The molecule has 0 aliphatic heterocycles. The lowest BCUT2D eigenvalue weighted by Gasteiger charge is -2.07. The molecule has 0 saturated heterocycles. The number of nitrogens with zero attached hydrogens (tertiary/aromatic N) is 2. The number of carboxylic acids is 2. The van der Waals surface area contributed by atoms with Crippen LogP contribution in [-0.2, 0) is 14.4 Å². The largest absolute Gasteiger partial charge is 0.481 e. The van der Waals surface area contributed by atoms with Crippen LogP contribution in [0.1, 0.15) is 36.5 Å². The van der Waals surface area contributed by atoms with Gasteiger partial charge < -0.3 is 14.9 Å². The molecule has 1 amide bonds. The van der Waals surface area contributed by atoms with Gasteiger partial charge in [0.05, 0.1) is 10.5 Å². The topological polar surface area (TPSA) is 186 Å². The number of anilines is 1. The number of aromatic nitrogens is 1. The first-order valence-corrected chi connectivity index (χ1v) is 9.04. The Bertz CT molecular complexity index is 928. The van der Waals surface area contributed by atoms with Gasteiger partial charge in [0.2, 0.25) is 0 Å². The van der Waals surface area contributed by atoms with Crippen LogP contribution in [0.2, 0.25) is 0 Å². The highest BCUT2D eigenvalue weighted by molar-refractivity contribution is 7.18. The molecule has 2 aromatic rings. The average molecular weight is 439 g/mol. The molecule has 0 fully saturated rings. The number of ether oxygens (including phenoxy) is 1. The third-order valence-electron chi connectivity index (χ3n) is 3.06. The van der Waals surface area contributed by atoms with Crippen LogP contribution in [0.5, 0.6) is 5.75 Å². The lowest BCUT2D eigenvalue weighted by Crippen LogP contribution is -2.14. The Balaban J connectivity index is 0.000000424. The fourth-order valence-corrected chi connectivity index (χ4v) is 2.49. The van der Waals surface area contributed by atoms with Gasteiger partial charge in [0.25, 0.3) is 5.91 Å². The number of hydrogen-bond donors (Lipinski definition) is 3. The molecule has 30 heavy (non-hydrogen) atoms. The van der Waals surface area contributed by atoms with Crippen molar-refractivity contribution in [2.45, 2.75) is 26.2 Å². The molecule has 13 heteroatoms. The molecule has 12 nitrogen and oxygen atoms in total. The molecule has 0 radical (unpaired) electrons. The molecule has 0 spiro atoms. The second kappa shape index (κ2) is 11.9. The smallest absolute Gasteiger partial charge is 0.345 e. The van der Waals surface area contributed by atoms with E-state index in [4.69, 9.17) is 14.9 Å². The van der Waals surface area contributed by atoms with E-state index in [1.165, 1.54) is 19.1 Å². The lowest BCUT2D eigenvalue weighted by atomic mass is 10.2. The summed E-state index contributed by atoms with van der Waals surface area (Å²) in [5.41, 5.74) is 0.130. The maximum absolute atomic E-state index is 12.1. The number of nitrogens with one attached hydrogen (secondary N) is 1. The van der Waals surface area contributed by atoms with E-state index in [2.05, 4.69) is 10.3 Å². The first-order chi connectivity index (χ1) is 14.1. The van der Waals surface area contributed by atoms with Gasteiger partial charge in [-0.3, -0.25) is 34.6 Å². The van der Waals surface area contributed by atoms with Gasteiger partial charge in [0, 0.05) is 19.8 Å². The van der Waals surface area contributed by atoms with Crippen LogP contribution >= 0.6 is 11.3 Å². The van der Waals surface area contributed by atoms with Crippen molar-refractivity contribution >= 4 is 45.3 Å². The Labute approximate surface area is 173 Å². The number of amides is 1. The summed E-state index contributed by atoms with van der Waals surface area (Å²) in [6, 6.07) is 6.16. The Morgan fingerprint density at radius 1 is 1.17 bits per heavy atom. The normalized spacial score (nSPS) is 9.63. The minimum atomic E-state index is -0.948. The number of carboxylic acid groups (broad SMARTS) is 2. The van der Waals surface area contributed by atoms with Crippen molar-refractivity contribution < 1.29 is 39.1 Å². The fraction of sp³-hybridized carbons (Fsp3) is 0.235. The number of esters is 1. The maximum atomic E-state index is 12.1. The molecule has 1 aromatic carbocycles. The predicted molar refractivity (Wildman–Crippen MR) is 104 cm³/mol. The molecule has 1 heterocycles. The van der Waals surface area contributed by atoms with Crippen molar-refractivity contribution in [3.63, 3.8) is 0 Å². The minimum Gasteiger partial charge on any atom is -0.481 e. The summed E-state index contributed by atoms with van der Waals surface area (Å²) in [5, 5.41) is 28.9. The van der Waals surface area contributed by atoms with Gasteiger partial charge >= 0.3 is 22.9 Å². The molecular weight excluding hydrogens is 422 g/mol. The number of carbonyl (C=O) groups excluding carboxylic acids is 2. The zero-order chi connectivity index (χ0) is 22.7. The lowest BCUT2D eigenvalue weighted by molar-refractivity contribution is -0.380. The molecular formula is C17H17N3O9S. The quantitative estimate of drug-likeness (QED) is 0.239. The summed E-state index contributed by atoms with van der Waals surface area (Å²) in [6.45, 7) is 1.22. The number of hydrogen-bond acceptors (Lipinski definition) is 9. The van der Waals surface area contributed by atoms with Crippen LogP contribution in [0.15, 0.2) is 30.5 Å². The molecule has 0 saturated carbocycles. The third-order valence-corrected chi connectivity index (χ3v) is 3.92. The van der Waals surface area contributed by atoms with E-state index in [-0.39, 0.29) is 40.7 Å². The maximum Gasteiger partial charge on any atom is 0.345 e. The van der Waals surface area contributed by atoms with Crippen molar-refractivity contribution in [1.29, 1.82) is 0 Å². The van der Waals surface area contributed by atoms with E-state index < -0.39 is 28.7 Å². The van der Waals surface area contributed by atoms with Crippen molar-refractivity contribution in [2.24, 2.45) is 0 Å². The second-order valence-electron chi connectivity index (χ2n) is 5.45. The second-order valence-corrected chi connectivity index (χ2v) is 6.45. The van der Waals surface area contributed by atoms with Crippen LogP contribution in [0, 0.1) is 10.1 Å². The molecule has 0 aliphatic rings. The van der Waals surface area contributed by atoms with Crippen molar-refractivity contribution in [3.05, 3.63) is 46.1 Å². The number of carbonyl (C=O) groups is 4. The van der Waals surface area contributed by atoms with Gasteiger partial charge in [-0.15, -0.1) is 0 Å². The van der Waals surface area contributed by atoms with E-state index in [1.807, 2.05) is 0 Å². The molecule has 2 rings (SSSR count). The zero-order valence-electron chi connectivity index (χ0n) is 15.6. The van der Waals surface area contributed by atoms with E-state index in [0.717, 1.165) is 17.5 Å². The van der Waals surface area contributed by atoms with Gasteiger partial charge in [-0.25, -0.2) is 4.98 Å². The number of aliphatic carboxylic acids is 2. The van der Waals surface area contributed by atoms with Gasteiger partial charge in [0.15, 0.2) is 5.13 Å². The van der Waals surface area contributed by atoms with Gasteiger partial charge in [-0.1, -0.05) is 12.1 Å². The Morgan fingerprint density at radius 3 is 2.27 bits per heavy atom. The average Bonchev–Trinajstić information content (AvgIpc) is 3.10. The van der Waals surface area contributed by atoms with E-state index in [1.54, 1.807) is 12.1 Å². The fourth-order valence-electron chi connectivity index (χ4n) is 1.86. The summed E-state index contributed by atoms with van der Waals surface area (Å²) in [5.74, 6) is -2.92. The van der Waals surface area contributed by atoms with E-state index in [0.29, 0.717) is 0 Å². The molecule has 1 aromatic heterocycles. The van der Waals surface area contributed by atoms with Gasteiger partial charge in [-0.05, 0) is 29.9 Å². The highest BCUT2D eigenvalue weighted by Crippen LogP contribution is 2.26. The Kier molecular flexibility index (Phi) is 9.55. The monoisotopic (exact) mass is 439 g/mol. The molecule has 0 unspecified atom stereocenters. The molecule has 0 bridgehead atoms. The molecule has 160 valence electrons. The van der Waals surface area contributed by atoms with E-state index >= 15 is 0 Å². The van der Waals surface area contributed by atoms with Crippen LogP contribution in [-0.4, -0.2) is 43.9 Å². The standard InChI is InChI=1S/C12H9N3O5S.C5H8O4/c1-7(16)20-9-5-3-2-4-8(9)11(17)14-12-13-6-10(21-12)15(18)19;6-4(7)2-1-3-5(8)9/h2-6H,1H3,(H,13,14,17);1-3H2,(H,6,7)(H,8,9). The van der Waals surface area contributed by atoms with Crippen LogP contribution < -0.4 is 10.1 Å². The van der Waals surface area contributed by atoms with Crippen LogP contribution in [0.25, 0.3) is 0 Å². The van der Waals surface area contributed by atoms with Crippen LogP contribution in [0.4, 0.5) is 10.1 Å². The summed E-state index contributed by atoms with van der Waals surface area (Å²) >= 11 is 0.734. The molecule has 3 N–H and O–H groups in total. The number of rotatable bonds is 8. The summed E-state index contributed by atoms with van der Waals surface area (Å²) in [7, 11) is 0. The third kappa shape index (κ3) is 8.88. The van der Waals surface area contributed by atoms with Crippen LogP contribution in [0.3, 0.4) is 0 Å². The predicted octanol–water partition coefficient (Wildman–Crippen LogP) is 2.55. The SMILES string of the molecule is CC(=O)Oc1ccccc1C(=O)Nc1ncc([N+](=O)[O-])s1.O=C(O)CCCC(=O)O. The number of benzene rings is 1. The Morgan fingerprint density at radius 2 is 1.77 bits per heavy atom. The zero-order valence-corrected chi connectivity index (χ0v) is 16.4. The summed E-state index contributed by atoms with van der Waals surface area (Å²) in [6.07, 6.45) is 1.14. The highest BCUT2D eigenvalue weighted by Gasteiger charge is 2.17. The Hall–Kier alpha value is -3.87.